The highest BCUT2D eigenvalue weighted by Gasteiger charge is 2.28. The van der Waals surface area contributed by atoms with Crippen LogP contribution in [0.4, 0.5) is 0 Å². The van der Waals surface area contributed by atoms with Crippen molar-refractivity contribution < 1.29 is 28.7 Å². The molecule has 4 atom stereocenters. The Bertz CT molecular complexity index is 1240. The van der Waals surface area contributed by atoms with Gasteiger partial charge in [-0.2, -0.15) is 0 Å². The van der Waals surface area contributed by atoms with Crippen LogP contribution in [0.25, 0.3) is 0 Å². The number of esters is 1. The minimum Gasteiger partial charge on any atom is -0.467 e. The van der Waals surface area contributed by atoms with E-state index in [9.17, 15) is 24.0 Å². The van der Waals surface area contributed by atoms with Gasteiger partial charge in [-0.15, -0.1) is 0 Å². The second kappa shape index (κ2) is 20.6. The fourth-order valence-corrected chi connectivity index (χ4v) is 4.71. The van der Waals surface area contributed by atoms with E-state index in [4.69, 9.17) is 5.73 Å². The van der Waals surface area contributed by atoms with Crippen LogP contribution in [0.1, 0.15) is 64.8 Å². The summed E-state index contributed by atoms with van der Waals surface area (Å²) < 4.78 is 4.59. The quantitative estimate of drug-likeness (QED) is 0.101. The lowest BCUT2D eigenvalue weighted by molar-refractivity contribution is -0.144. The lowest BCUT2D eigenvalue weighted by Crippen LogP contribution is -2.56. The van der Waals surface area contributed by atoms with Gasteiger partial charge in [-0.05, 0) is 76.3 Å². The van der Waals surface area contributed by atoms with E-state index in [0.29, 0.717) is 45.3 Å². The van der Waals surface area contributed by atoms with Gasteiger partial charge >= 0.3 is 5.97 Å². The molecule has 0 saturated heterocycles. The molecule has 2 heterocycles. The number of pyridine rings is 2. The van der Waals surface area contributed by atoms with Crippen molar-refractivity contribution in [3.8, 4) is 0 Å². The van der Waals surface area contributed by atoms with Crippen molar-refractivity contribution in [3.63, 3.8) is 0 Å². The maximum absolute atomic E-state index is 13.5. The number of nitrogens with zero attached hydrogens (tertiary/aromatic N) is 3. The number of rotatable bonds is 20. The summed E-state index contributed by atoms with van der Waals surface area (Å²) in [7, 11) is 1.21. The molecule has 2 rings (SSSR count). The van der Waals surface area contributed by atoms with E-state index in [2.05, 4.69) is 40.9 Å². The Morgan fingerprint density at radius 2 is 1.40 bits per heavy atom. The summed E-state index contributed by atoms with van der Waals surface area (Å²) in [5.74, 6) is -2.76. The standard InChI is InChI=1S/C33H50N8O6/c1-22(2)18-28(31(44)37-19-29(42)38-24(4)33(46)47-5)40-32(45)27(39-30(43)23(3)34)14-8-11-17-41(20-25-12-6-9-15-35-25)21-26-13-7-10-16-36-26/h6-7,9-10,12-13,15-16,22-24,27-28H,8,11,14,17-21,34H2,1-5H3,(H,37,44)(H,38,42)(H,39,43)(H,40,45)/t23-,24-,27-,28-/m0/s1. The number of carbonyl (C=O) groups is 5. The first-order valence-corrected chi connectivity index (χ1v) is 15.9. The Morgan fingerprint density at radius 1 is 0.809 bits per heavy atom. The zero-order chi connectivity index (χ0) is 34.8. The lowest BCUT2D eigenvalue weighted by Gasteiger charge is -2.25. The van der Waals surface area contributed by atoms with Crippen molar-refractivity contribution in [3.05, 3.63) is 60.2 Å². The van der Waals surface area contributed by atoms with Crippen molar-refractivity contribution in [1.82, 2.24) is 36.1 Å². The molecule has 0 aliphatic carbocycles. The molecule has 0 spiro atoms. The number of aromatic nitrogens is 2. The predicted octanol–water partition coefficient (Wildman–Crippen LogP) is 0.806. The highest BCUT2D eigenvalue weighted by molar-refractivity contribution is 5.94. The molecule has 0 fully saturated rings. The number of amides is 4. The highest BCUT2D eigenvalue weighted by atomic mass is 16.5. The van der Waals surface area contributed by atoms with Crippen molar-refractivity contribution in [2.45, 2.75) is 90.6 Å². The van der Waals surface area contributed by atoms with Crippen molar-refractivity contribution in [1.29, 1.82) is 0 Å². The fraction of sp³-hybridized carbons (Fsp3) is 0.545. The molecule has 0 saturated carbocycles. The van der Waals surface area contributed by atoms with Crippen LogP contribution in [0.5, 0.6) is 0 Å². The van der Waals surface area contributed by atoms with Crippen LogP contribution in [-0.4, -0.2) is 88.8 Å². The maximum atomic E-state index is 13.5. The first-order chi connectivity index (χ1) is 22.4. The van der Waals surface area contributed by atoms with Gasteiger partial charge in [-0.3, -0.25) is 34.0 Å². The summed E-state index contributed by atoms with van der Waals surface area (Å²) in [4.78, 5) is 74.1. The number of carbonyl (C=O) groups excluding carboxylic acids is 5. The Balaban J connectivity index is 2.05. The van der Waals surface area contributed by atoms with Crippen LogP contribution >= 0.6 is 0 Å². The van der Waals surface area contributed by atoms with E-state index < -0.39 is 60.3 Å². The van der Waals surface area contributed by atoms with E-state index in [-0.39, 0.29) is 5.92 Å². The normalized spacial score (nSPS) is 13.6. The van der Waals surface area contributed by atoms with Crippen LogP contribution in [0.2, 0.25) is 0 Å². The fourth-order valence-electron chi connectivity index (χ4n) is 4.71. The minimum absolute atomic E-state index is 0.0283. The molecule has 0 unspecified atom stereocenters. The molecule has 2 aromatic rings. The SMILES string of the molecule is COC(=O)[C@H](C)NC(=O)CNC(=O)[C@H](CC(C)C)NC(=O)[C@H](CCCCN(Cc1ccccn1)Cc1ccccn1)NC(=O)[C@H](C)N. The number of hydrogen-bond donors (Lipinski definition) is 5. The van der Waals surface area contributed by atoms with Crippen LogP contribution < -0.4 is 27.0 Å². The maximum Gasteiger partial charge on any atom is 0.328 e. The smallest absolute Gasteiger partial charge is 0.328 e. The number of ether oxygens (including phenoxy) is 1. The van der Waals surface area contributed by atoms with Gasteiger partial charge in [0.25, 0.3) is 0 Å². The summed E-state index contributed by atoms with van der Waals surface area (Å²) in [6.07, 6.45) is 5.43. The third-order valence-corrected chi connectivity index (χ3v) is 7.18. The summed E-state index contributed by atoms with van der Waals surface area (Å²) in [6, 6.07) is 7.94. The Hall–Kier alpha value is -4.43. The highest BCUT2D eigenvalue weighted by Crippen LogP contribution is 2.12. The van der Waals surface area contributed by atoms with Gasteiger partial charge < -0.3 is 31.7 Å². The van der Waals surface area contributed by atoms with Gasteiger partial charge in [0, 0.05) is 25.5 Å². The molecule has 0 radical (unpaired) electrons. The number of hydrogen-bond acceptors (Lipinski definition) is 10. The summed E-state index contributed by atoms with van der Waals surface area (Å²) >= 11 is 0. The van der Waals surface area contributed by atoms with E-state index in [1.54, 1.807) is 12.4 Å². The van der Waals surface area contributed by atoms with Crippen LogP contribution in [0, 0.1) is 5.92 Å². The van der Waals surface area contributed by atoms with Gasteiger partial charge in [0.2, 0.25) is 23.6 Å². The van der Waals surface area contributed by atoms with E-state index in [0.717, 1.165) is 11.4 Å². The molecule has 14 nitrogen and oxygen atoms in total. The Labute approximate surface area is 277 Å². The third-order valence-electron chi connectivity index (χ3n) is 7.18. The number of nitrogens with two attached hydrogens (primary N) is 1. The van der Waals surface area contributed by atoms with Crippen molar-refractivity contribution in [2.75, 3.05) is 20.2 Å². The van der Waals surface area contributed by atoms with Gasteiger partial charge in [-0.1, -0.05) is 26.0 Å². The van der Waals surface area contributed by atoms with Gasteiger partial charge in [0.15, 0.2) is 0 Å². The number of nitrogens with one attached hydrogen (secondary N) is 4. The monoisotopic (exact) mass is 654 g/mol. The first-order valence-electron chi connectivity index (χ1n) is 15.9. The number of unbranched alkanes of at least 4 members (excludes halogenated alkanes) is 1. The summed E-state index contributed by atoms with van der Waals surface area (Å²) in [5.41, 5.74) is 7.63. The average Bonchev–Trinajstić information content (AvgIpc) is 3.04. The third kappa shape index (κ3) is 15.1. The minimum atomic E-state index is -0.963. The average molecular weight is 655 g/mol. The van der Waals surface area contributed by atoms with Crippen LogP contribution in [0.3, 0.4) is 0 Å². The van der Waals surface area contributed by atoms with Gasteiger partial charge in [-0.25, -0.2) is 4.79 Å². The molecule has 2 aromatic heterocycles. The van der Waals surface area contributed by atoms with Crippen LogP contribution in [0.15, 0.2) is 48.8 Å². The molecule has 6 N–H and O–H groups in total. The van der Waals surface area contributed by atoms with Crippen molar-refractivity contribution >= 4 is 29.6 Å². The van der Waals surface area contributed by atoms with E-state index in [1.807, 2.05) is 50.2 Å². The second-order valence-corrected chi connectivity index (χ2v) is 11.9. The van der Waals surface area contributed by atoms with Gasteiger partial charge in [0.05, 0.1) is 31.1 Å². The topological polar surface area (TPSA) is 198 Å². The molecule has 0 bridgehead atoms. The van der Waals surface area contributed by atoms with Crippen LogP contribution in [-0.2, 0) is 41.8 Å². The van der Waals surface area contributed by atoms with E-state index in [1.165, 1.54) is 21.0 Å². The molecule has 0 aliphatic rings. The summed E-state index contributed by atoms with van der Waals surface area (Å²) in [5, 5.41) is 10.4. The second-order valence-electron chi connectivity index (χ2n) is 11.9. The zero-order valence-electron chi connectivity index (χ0n) is 28.0. The molecule has 4 amide bonds. The zero-order valence-corrected chi connectivity index (χ0v) is 28.0. The molecule has 258 valence electrons. The van der Waals surface area contributed by atoms with Gasteiger partial charge in [0.1, 0.15) is 18.1 Å². The lowest BCUT2D eigenvalue weighted by atomic mass is 10.0. The largest absolute Gasteiger partial charge is 0.467 e. The Morgan fingerprint density at radius 3 is 1.91 bits per heavy atom. The molecular weight excluding hydrogens is 604 g/mol. The molecule has 14 heteroatoms. The molecule has 0 aromatic carbocycles. The van der Waals surface area contributed by atoms with E-state index >= 15 is 0 Å². The molecular formula is C33H50N8O6. The summed E-state index contributed by atoms with van der Waals surface area (Å²) in [6.45, 7) is 8.31. The predicted molar refractivity (Wildman–Crippen MR) is 176 cm³/mol. The first kappa shape index (κ1) is 38.8. The number of methoxy groups -OCH3 is 1. The molecule has 0 aliphatic heterocycles. The van der Waals surface area contributed by atoms with Crippen molar-refractivity contribution in [2.24, 2.45) is 11.7 Å². The Kier molecular flexibility index (Phi) is 17.0. The molecule has 47 heavy (non-hydrogen) atoms.